The molecule has 4 nitrogen and oxygen atoms in total. The molecular formula is C17H27N3O. The van der Waals surface area contributed by atoms with Crippen LogP contribution in [0.25, 0.3) is 0 Å². The number of amides is 1. The first kappa shape index (κ1) is 16.0. The van der Waals surface area contributed by atoms with Gasteiger partial charge in [-0.15, -0.1) is 0 Å². The van der Waals surface area contributed by atoms with Gasteiger partial charge in [-0.05, 0) is 44.9 Å². The van der Waals surface area contributed by atoms with Crippen LogP contribution in [0, 0.1) is 6.92 Å². The maximum absolute atomic E-state index is 12.2. The van der Waals surface area contributed by atoms with Gasteiger partial charge >= 0.3 is 0 Å². The number of nitrogens with zero attached hydrogens (tertiary/aromatic N) is 1. The number of hydrogen-bond acceptors (Lipinski definition) is 3. The van der Waals surface area contributed by atoms with E-state index in [9.17, 15) is 4.79 Å². The Morgan fingerprint density at radius 2 is 1.95 bits per heavy atom. The summed E-state index contributed by atoms with van der Waals surface area (Å²) in [6, 6.07) is 8.48. The fraction of sp³-hybridized carbons (Fsp3) is 0.588. The first-order valence-electron chi connectivity index (χ1n) is 7.99. The van der Waals surface area contributed by atoms with Crippen LogP contribution in [-0.4, -0.2) is 36.5 Å². The minimum absolute atomic E-state index is 0.0720. The lowest BCUT2D eigenvalue weighted by Gasteiger charge is -2.28. The Morgan fingerprint density at radius 1 is 1.29 bits per heavy atom. The van der Waals surface area contributed by atoms with Crippen LogP contribution in [0.5, 0.6) is 0 Å². The van der Waals surface area contributed by atoms with E-state index in [2.05, 4.69) is 10.2 Å². The Balaban J connectivity index is 1.88. The van der Waals surface area contributed by atoms with Gasteiger partial charge in [0.1, 0.15) is 0 Å². The minimum Gasteiger partial charge on any atom is -0.330 e. The number of nitrogens with two attached hydrogens (primary N) is 1. The summed E-state index contributed by atoms with van der Waals surface area (Å²) < 4.78 is 0. The van der Waals surface area contributed by atoms with Crippen molar-refractivity contribution in [1.29, 1.82) is 0 Å². The quantitative estimate of drug-likeness (QED) is 0.811. The van der Waals surface area contributed by atoms with E-state index < -0.39 is 0 Å². The zero-order valence-electron chi connectivity index (χ0n) is 13.0. The minimum atomic E-state index is 0.0720. The van der Waals surface area contributed by atoms with Gasteiger partial charge in [-0.25, -0.2) is 0 Å². The molecule has 1 fully saturated rings. The average Bonchev–Trinajstić information content (AvgIpc) is 3.00. The summed E-state index contributed by atoms with van der Waals surface area (Å²) in [5.41, 5.74) is 7.69. The average molecular weight is 289 g/mol. The number of carbonyl (C=O) groups excluding carboxylic acids is 1. The number of nitrogens with one attached hydrogen (secondary N) is 1. The molecule has 0 spiro atoms. The number of carbonyl (C=O) groups is 1. The molecule has 4 heteroatoms. The SMILES string of the molecule is Cc1ccc(NC(=O)CN(CCCN)C2CCCC2)cc1. The lowest BCUT2D eigenvalue weighted by molar-refractivity contribution is -0.117. The van der Waals surface area contributed by atoms with E-state index in [1.807, 2.05) is 31.2 Å². The smallest absolute Gasteiger partial charge is 0.238 e. The molecule has 0 unspecified atom stereocenters. The van der Waals surface area contributed by atoms with Crippen molar-refractivity contribution >= 4 is 11.6 Å². The van der Waals surface area contributed by atoms with Crippen molar-refractivity contribution < 1.29 is 4.79 Å². The van der Waals surface area contributed by atoms with Crippen molar-refractivity contribution in [2.24, 2.45) is 5.73 Å². The van der Waals surface area contributed by atoms with Crippen LogP contribution in [0.1, 0.15) is 37.7 Å². The third-order valence-corrected chi connectivity index (χ3v) is 4.17. The molecule has 1 aliphatic rings. The van der Waals surface area contributed by atoms with Gasteiger partial charge in [0, 0.05) is 18.3 Å². The number of benzene rings is 1. The molecule has 1 aliphatic carbocycles. The Labute approximate surface area is 127 Å². The van der Waals surface area contributed by atoms with E-state index in [1.54, 1.807) is 0 Å². The van der Waals surface area contributed by atoms with E-state index in [0.29, 0.717) is 19.1 Å². The van der Waals surface area contributed by atoms with E-state index in [-0.39, 0.29) is 5.91 Å². The fourth-order valence-corrected chi connectivity index (χ4v) is 2.98. The first-order valence-corrected chi connectivity index (χ1v) is 7.99. The molecule has 0 atom stereocenters. The molecule has 0 radical (unpaired) electrons. The molecule has 2 rings (SSSR count). The second kappa shape index (κ2) is 8.15. The van der Waals surface area contributed by atoms with Gasteiger partial charge in [-0.3, -0.25) is 9.69 Å². The van der Waals surface area contributed by atoms with Crippen LogP contribution in [0.15, 0.2) is 24.3 Å². The number of anilines is 1. The summed E-state index contributed by atoms with van der Waals surface area (Å²) in [6.45, 7) is 4.12. The summed E-state index contributed by atoms with van der Waals surface area (Å²) in [5.74, 6) is 0.0720. The highest BCUT2D eigenvalue weighted by atomic mass is 16.2. The van der Waals surface area contributed by atoms with Crippen molar-refractivity contribution in [2.45, 2.75) is 45.1 Å². The third kappa shape index (κ3) is 5.14. The fourth-order valence-electron chi connectivity index (χ4n) is 2.98. The summed E-state index contributed by atoms with van der Waals surface area (Å²) in [7, 11) is 0. The van der Waals surface area contributed by atoms with Gasteiger partial charge in [0.05, 0.1) is 6.54 Å². The summed E-state index contributed by atoms with van der Waals surface area (Å²) in [5, 5.41) is 2.99. The van der Waals surface area contributed by atoms with Crippen LogP contribution in [-0.2, 0) is 4.79 Å². The van der Waals surface area contributed by atoms with Crippen LogP contribution < -0.4 is 11.1 Å². The van der Waals surface area contributed by atoms with Crippen LogP contribution in [0.2, 0.25) is 0 Å². The number of hydrogen-bond donors (Lipinski definition) is 2. The number of rotatable bonds is 7. The maximum Gasteiger partial charge on any atom is 0.238 e. The van der Waals surface area contributed by atoms with Gasteiger partial charge in [0.15, 0.2) is 0 Å². The topological polar surface area (TPSA) is 58.4 Å². The molecule has 1 aromatic carbocycles. The predicted octanol–water partition coefficient (Wildman–Crippen LogP) is 2.53. The molecule has 116 valence electrons. The van der Waals surface area contributed by atoms with E-state index in [0.717, 1.165) is 18.7 Å². The molecular weight excluding hydrogens is 262 g/mol. The van der Waals surface area contributed by atoms with Gasteiger partial charge in [0.25, 0.3) is 0 Å². The highest BCUT2D eigenvalue weighted by molar-refractivity contribution is 5.92. The highest BCUT2D eigenvalue weighted by Crippen LogP contribution is 2.23. The van der Waals surface area contributed by atoms with E-state index in [1.165, 1.54) is 31.2 Å². The molecule has 21 heavy (non-hydrogen) atoms. The molecule has 0 bridgehead atoms. The molecule has 3 N–H and O–H groups in total. The van der Waals surface area contributed by atoms with E-state index in [4.69, 9.17) is 5.73 Å². The van der Waals surface area contributed by atoms with Crippen LogP contribution in [0.3, 0.4) is 0 Å². The van der Waals surface area contributed by atoms with Crippen molar-refractivity contribution in [2.75, 3.05) is 25.0 Å². The maximum atomic E-state index is 12.2. The Morgan fingerprint density at radius 3 is 2.57 bits per heavy atom. The molecule has 0 saturated heterocycles. The third-order valence-electron chi connectivity index (χ3n) is 4.17. The molecule has 1 saturated carbocycles. The predicted molar refractivity (Wildman–Crippen MR) is 87.3 cm³/mol. The first-order chi connectivity index (χ1) is 10.2. The second-order valence-electron chi connectivity index (χ2n) is 5.97. The van der Waals surface area contributed by atoms with Crippen molar-refractivity contribution in [3.05, 3.63) is 29.8 Å². The molecule has 0 aliphatic heterocycles. The molecule has 1 aromatic rings. The normalized spacial score (nSPS) is 15.6. The Bertz CT molecular complexity index is 438. The lowest BCUT2D eigenvalue weighted by atomic mass is 10.2. The monoisotopic (exact) mass is 289 g/mol. The molecule has 0 heterocycles. The second-order valence-corrected chi connectivity index (χ2v) is 5.97. The molecule has 0 aromatic heterocycles. The van der Waals surface area contributed by atoms with Gasteiger partial charge < -0.3 is 11.1 Å². The standard InChI is InChI=1S/C17H27N3O/c1-14-7-9-15(10-8-14)19-17(21)13-20(12-4-11-18)16-5-2-3-6-16/h7-10,16H,2-6,11-13,18H2,1H3,(H,19,21). The highest BCUT2D eigenvalue weighted by Gasteiger charge is 2.23. The largest absolute Gasteiger partial charge is 0.330 e. The van der Waals surface area contributed by atoms with Gasteiger partial charge in [-0.2, -0.15) is 0 Å². The van der Waals surface area contributed by atoms with Crippen molar-refractivity contribution in [3.63, 3.8) is 0 Å². The van der Waals surface area contributed by atoms with Gasteiger partial charge in [0.2, 0.25) is 5.91 Å². The summed E-state index contributed by atoms with van der Waals surface area (Å²) >= 11 is 0. The van der Waals surface area contributed by atoms with Crippen molar-refractivity contribution in [3.8, 4) is 0 Å². The molecule has 1 amide bonds. The number of aryl methyl sites for hydroxylation is 1. The summed E-state index contributed by atoms with van der Waals surface area (Å²) in [6.07, 6.45) is 5.94. The zero-order valence-corrected chi connectivity index (χ0v) is 13.0. The Hall–Kier alpha value is -1.39. The van der Waals surface area contributed by atoms with E-state index >= 15 is 0 Å². The van der Waals surface area contributed by atoms with Crippen LogP contribution >= 0.6 is 0 Å². The Kier molecular flexibility index (Phi) is 6.21. The lowest BCUT2D eigenvalue weighted by Crippen LogP contribution is -2.40. The van der Waals surface area contributed by atoms with Gasteiger partial charge in [-0.1, -0.05) is 30.5 Å². The van der Waals surface area contributed by atoms with Crippen molar-refractivity contribution in [1.82, 2.24) is 4.90 Å². The summed E-state index contributed by atoms with van der Waals surface area (Å²) in [4.78, 5) is 14.6. The zero-order chi connectivity index (χ0) is 15.1. The van der Waals surface area contributed by atoms with Crippen LogP contribution in [0.4, 0.5) is 5.69 Å².